The van der Waals surface area contributed by atoms with Crippen LogP contribution < -0.4 is 10.6 Å². The van der Waals surface area contributed by atoms with Crippen LogP contribution in [-0.2, 0) is 0 Å². The van der Waals surface area contributed by atoms with Crippen LogP contribution in [0.15, 0.2) is 71.8 Å². The predicted octanol–water partition coefficient (Wildman–Crippen LogP) is 5.42. The van der Waals surface area contributed by atoms with Crippen molar-refractivity contribution in [1.82, 2.24) is 4.98 Å². The number of amides is 2. The summed E-state index contributed by atoms with van der Waals surface area (Å²) in [4.78, 5) is 17.4. The molecular formula is C20H19N3OS. The number of nitrogens with one attached hydrogen (secondary N) is 2. The summed E-state index contributed by atoms with van der Waals surface area (Å²) in [5.41, 5.74) is 4.72. The van der Waals surface area contributed by atoms with E-state index >= 15 is 0 Å². The Balaban J connectivity index is 1.68. The zero-order valence-electron chi connectivity index (χ0n) is 14.1. The van der Waals surface area contributed by atoms with Crippen molar-refractivity contribution < 1.29 is 4.79 Å². The maximum absolute atomic E-state index is 12.2. The SMILES string of the molecule is CSc1ccccc1NC(=O)Nc1ccc(-c2ccnc(C)c2)cc1. The lowest BCUT2D eigenvalue weighted by Gasteiger charge is -2.11. The van der Waals surface area contributed by atoms with E-state index in [1.807, 2.05) is 73.8 Å². The van der Waals surface area contributed by atoms with E-state index in [9.17, 15) is 4.79 Å². The molecule has 0 spiro atoms. The second kappa shape index (κ2) is 7.85. The van der Waals surface area contributed by atoms with Crippen LogP contribution in [0.25, 0.3) is 11.1 Å². The first-order valence-corrected chi connectivity index (χ1v) is 9.12. The van der Waals surface area contributed by atoms with Gasteiger partial charge in [0.05, 0.1) is 5.69 Å². The van der Waals surface area contributed by atoms with Gasteiger partial charge in [0.15, 0.2) is 0 Å². The molecule has 2 aromatic carbocycles. The number of anilines is 2. The second-order valence-corrected chi connectivity index (χ2v) is 6.39. The largest absolute Gasteiger partial charge is 0.323 e. The molecule has 3 aromatic rings. The lowest BCUT2D eigenvalue weighted by atomic mass is 10.1. The fourth-order valence-corrected chi connectivity index (χ4v) is 3.06. The van der Waals surface area contributed by atoms with E-state index in [2.05, 4.69) is 15.6 Å². The molecule has 0 aliphatic heterocycles. The molecule has 25 heavy (non-hydrogen) atoms. The highest BCUT2D eigenvalue weighted by molar-refractivity contribution is 7.98. The number of rotatable bonds is 4. The Kier molecular flexibility index (Phi) is 5.36. The zero-order valence-corrected chi connectivity index (χ0v) is 14.9. The Morgan fingerprint density at radius 3 is 2.44 bits per heavy atom. The van der Waals surface area contributed by atoms with Crippen molar-refractivity contribution in [2.75, 3.05) is 16.9 Å². The molecule has 0 unspecified atom stereocenters. The number of aryl methyl sites for hydroxylation is 1. The number of carbonyl (C=O) groups excluding carboxylic acids is 1. The molecule has 3 rings (SSSR count). The number of carbonyl (C=O) groups is 1. The highest BCUT2D eigenvalue weighted by Crippen LogP contribution is 2.25. The number of pyridine rings is 1. The first-order chi connectivity index (χ1) is 12.2. The van der Waals surface area contributed by atoms with Crippen LogP contribution in [0.3, 0.4) is 0 Å². The third-order valence-electron chi connectivity index (χ3n) is 3.73. The van der Waals surface area contributed by atoms with Crippen LogP contribution in [-0.4, -0.2) is 17.3 Å². The van der Waals surface area contributed by atoms with Gasteiger partial charge in [-0.3, -0.25) is 4.98 Å². The third-order valence-corrected chi connectivity index (χ3v) is 4.52. The Morgan fingerprint density at radius 2 is 1.72 bits per heavy atom. The fourth-order valence-electron chi connectivity index (χ4n) is 2.50. The van der Waals surface area contributed by atoms with E-state index in [1.54, 1.807) is 18.0 Å². The molecule has 0 bridgehead atoms. The van der Waals surface area contributed by atoms with Crippen LogP contribution in [0.1, 0.15) is 5.69 Å². The summed E-state index contributed by atoms with van der Waals surface area (Å²) in [6, 6.07) is 19.2. The van der Waals surface area contributed by atoms with Gasteiger partial charge in [0.1, 0.15) is 0 Å². The lowest BCUT2D eigenvalue weighted by Crippen LogP contribution is -2.19. The maximum atomic E-state index is 12.2. The van der Waals surface area contributed by atoms with E-state index < -0.39 is 0 Å². The van der Waals surface area contributed by atoms with Crippen LogP contribution in [0.2, 0.25) is 0 Å². The monoisotopic (exact) mass is 349 g/mol. The van der Waals surface area contributed by atoms with Crippen molar-refractivity contribution in [1.29, 1.82) is 0 Å². The fraction of sp³-hybridized carbons (Fsp3) is 0.100. The first-order valence-electron chi connectivity index (χ1n) is 7.90. The first kappa shape index (κ1) is 17.0. The standard InChI is InChI=1S/C20H19N3OS/c1-14-13-16(11-12-21-14)15-7-9-17(10-8-15)22-20(24)23-18-5-3-4-6-19(18)25-2/h3-13H,1-2H3,(H2,22,23,24). The molecule has 0 fully saturated rings. The van der Waals surface area contributed by atoms with E-state index in [1.165, 1.54) is 0 Å². The smallest absolute Gasteiger partial charge is 0.308 e. The molecule has 0 radical (unpaired) electrons. The number of para-hydroxylation sites is 1. The normalized spacial score (nSPS) is 10.3. The maximum Gasteiger partial charge on any atom is 0.323 e. The molecule has 0 saturated heterocycles. The van der Waals surface area contributed by atoms with Gasteiger partial charge < -0.3 is 10.6 Å². The van der Waals surface area contributed by atoms with Gasteiger partial charge in [-0.25, -0.2) is 4.79 Å². The number of hydrogen-bond donors (Lipinski definition) is 2. The van der Waals surface area contributed by atoms with E-state index in [4.69, 9.17) is 0 Å². The van der Waals surface area contributed by atoms with Crippen molar-refractivity contribution in [2.24, 2.45) is 0 Å². The molecule has 0 saturated carbocycles. The molecular weight excluding hydrogens is 330 g/mol. The summed E-state index contributed by atoms with van der Waals surface area (Å²) in [5.74, 6) is 0. The molecule has 4 nitrogen and oxygen atoms in total. The predicted molar refractivity (Wildman–Crippen MR) is 105 cm³/mol. The number of nitrogens with zero attached hydrogens (tertiary/aromatic N) is 1. The quantitative estimate of drug-likeness (QED) is 0.618. The van der Waals surface area contributed by atoms with Crippen LogP contribution >= 0.6 is 11.8 Å². The average molecular weight is 349 g/mol. The van der Waals surface area contributed by atoms with Gasteiger partial charge in [0, 0.05) is 22.5 Å². The number of aromatic nitrogens is 1. The van der Waals surface area contributed by atoms with Crippen molar-refractivity contribution in [3.63, 3.8) is 0 Å². The van der Waals surface area contributed by atoms with Crippen LogP contribution in [0, 0.1) is 6.92 Å². The summed E-state index contributed by atoms with van der Waals surface area (Å²) in [6.45, 7) is 1.97. The van der Waals surface area contributed by atoms with Gasteiger partial charge >= 0.3 is 6.03 Å². The van der Waals surface area contributed by atoms with E-state index in [0.29, 0.717) is 0 Å². The Morgan fingerprint density at radius 1 is 0.960 bits per heavy atom. The minimum absolute atomic E-state index is 0.256. The van der Waals surface area contributed by atoms with Crippen LogP contribution in [0.5, 0.6) is 0 Å². The number of thioether (sulfide) groups is 1. The third kappa shape index (κ3) is 4.39. The highest BCUT2D eigenvalue weighted by Gasteiger charge is 2.06. The molecule has 126 valence electrons. The Labute approximate surface area is 151 Å². The summed E-state index contributed by atoms with van der Waals surface area (Å²) < 4.78 is 0. The van der Waals surface area contributed by atoms with Gasteiger partial charge in [-0.2, -0.15) is 0 Å². The molecule has 0 atom stereocenters. The minimum atomic E-state index is -0.256. The van der Waals surface area contributed by atoms with Gasteiger partial charge in [-0.05, 0) is 60.7 Å². The number of hydrogen-bond acceptors (Lipinski definition) is 3. The van der Waals surface area contributed by atoms with Gasteiger partial charge in [0.25, 0.3) is 0 Å². The summed E-state index contributed by atoms with van der Waals surface area (Å²) in [6.07, 6.45) is 3.78. The minimum Gasteiger partial charge on any atom is -0.308 e. The lowest BCUT2D eigenvalue weighted by molar-refractivity contribution is 0.262. The molecule has 0 aliphatic rings. The second-order valence-electron chi connectivity index (χ2n) is 5.54. The molecule has 1 aromatic heterocycles. The summed E-state index contributed by atoms with van der Waals surface area (Å²) in [5, 5.41) is 5.74. The van der Waals surface area contributed by atoms with Crippen molar-refractivity contribution in [3.8, 4) is 11.1 Å². The molecule has 1 heterocycles. The van der Waals surface area contributed by atoms with E-state index in [0.717, 1.165) is 33.1 Å². The highest BCUT2D eigenvalue weighted by atomic mass is 32.2. The molecule has 5 heteroatoms. The van der Waals surface area contributed by atoms with Crippen molar-refractivity contribution in [2.45, 2.75) is 11.8 Å². The zero-order chi connectivity index (χ0) is 17.6. The number of benzene rings is 2. The van der Waals surface area contributed by atoms with Gasteiger partial charge in [0.2, 0.25) is 0 Å². The van der Waals surface area contributed by atoms with Gasteiger partial charge in [-0.1, -0.05) is 24.3 Å². The van der Waals surface area contributed by atoms with Gasteiger partial charge in [-0.15, -0.1) is 11.8 Å². The molecule has 2 N–H and O–H groups in total. The topological polar surface area (TPSA) is 54.0 Å². The van der Waals surface area contributed by atoms with Crippen LogP contribution in [0.4, 0.5) is 16.2 Å². The molecule has 0 aliphatic carbocycles. The average Bonchev–Trinajstić information content (AvgIpc) is 2.63. The van der Waals surface area contributed by atoms with Crippen molar-refractivity contribution >= 4 is 29.2 Å². The molecule has 2 amide bonds. The van der Waals surface area contributed by atoms with E-state index in [-0.39, 0.29) is 6.03 Å². The summed E-state index contributed by atoms with van der Waals surface area (Å²) >= 11 is 1.60. The van der Waals surface area contributed by atoms with Crippen molar-refractivity contribution in [3.05, 3.63) is 72.6 Å². The Bertz CT molecular complexity index is 878. The summed E-state index contributed by atoms with van der Waals surface area (Å²) in [7, 11) is 0. The number of urea groups is 1. The Hall–Kier alpha value is -2.79.